The van der Waals surface area contributed by atoms with Crippen LogP contribution in [0.5, 0.6) is 5.75 Å². The molecule has 0 atom stereocenters. The second kappa shape index (κ2) is 7.67. The van der Waals surface area contributed by atoms with Gasteiger partial charge in [0.1, 0.15) is 5.75 Å². The van der Waals surface area contributed by atoms with E-state index < -0.39 is 10.0 Å². The van der Waals surface area contributed by atoms with Crippen molar-refractivity contribution in [2.45, 2.75) is 18.2 Å². The predicted molar refractivity (Wildman–Crippen MR) is 96.4 cm³/mol. The van der Waals surface area contributed by atoms with Crippen LogP contribution in [0.2, 0.25) is 0 Å². The van der Waals surface area contributed by atoms with E-state index in [1.54, 1.807) is 31.4 Å². The summed E-state index contributed by atoms with van der Waals surface area (Å²) in [5.74, 6) is 1.39. The van der Waals surface area contributed by atoms with Crippen LogP contribution in [0.25, 0.3) is 11.4 Å². The number of rotatable bonds is 7. The van der Waals surface area contributed by atoms with E-state index in [2.05, 4.69) is 14.9 Å². The third-order valence-corrected chi connectivity index (χ3v) is 5.21. The molecule has 0 bridgehead atoms. The van der Waals surface area contributed by atoms with Crippen LogP contribution in [0.15, 0.2) is 57.9 Å². The van der Waals surface area contributed by atoms with Gasteiger partial charge in [0.15, 0.2) is 0 Å². The van der Waals surface area contributed by atoms with Crippen molar-refractivity contribution >= 4 is 10.0 Å². The maximum absolute atomic E-state index is 12.3. The molecule has 1 N–H and O–H groups in total. The second-order valence-electron chi connectivity index (χ2n) is 5.68. The van der Waals surface area contributed by atoms with Gasteiger partial charge < -0.3 is 9.26 Å². The average molecular weight is 373 g/mol. The zero-order valence-corrected chi connectivity index (χ0v) is 15.3. The highest BCUT2D eigenvalue weighted by Gasteiger charge is 2.16. The number of hydrogen-bond acceptors (Lipinski definition) is 6. The van der Waals surface area contributed by atoms with Crippen LogP contribution in [0.1, 0.15) is 11.5 Å². The van der Waals surface area contributed by atoms with Gasteiger partial charge in [0.2, 0.25) is 21.7 Å². The molecule has 3 rings (SSSR count). The van der Waals surface area contributed by atoms with Gasteiger partial charge in [-0.25, -0.2) is 13.1 Å². The van der Waals surface area contributed by atoms with Crippen molar-refractivity contribution in [3.63, 3.8) is 0 Å². The third-order valence-electron chi connectivity index (χ3n) is 3.75. The van der Waals surface area contributed by atoms with Gasteiger partial charge in [-0.3, -0.25) is 0 Å². The number of aryl methyl sites for hydroxylation is 1. The van der Waals surface area contributed by atoms with E-state index >= 15 is 0 Å². The predicted octanol–water partition coefficient (Wildman–Crippen LogP) is 2.57. The molecule has 0 fully saturated rings. The molecular formula is C18H19N3O4S. The van der Waals surface area contributed by atoms with Crippen LogP contribution in [0.3, 0.4) is 0 Å². The van der Waals surface area contributed by atoms with Gasteiger partial charge >= 0.3 is 0 Å². The highest BCUT2D eigenvalue weighted by Crippen LogP contribution is 2.27. The Morgan fingerprint density at radius 3 is 2.73 bits per heavy atom. The van der Waals surface area contributed by atoms with Crippen LogP contribution in [-0.2, 0) is 16.4 Å². The Labute approximate surface area is 152 Å². The summed E-state index contributed by atoms with van der Waals surface area (Å²) in [7, 11) is -2.00. The minimum Gasteiger partial charge on any atom is -0.496 e. The maximum atomic E-state index is 12.3. The number of methoxy groups -OCH3 is 1. The lowest BCUT2D eigenvalue weighted by Crippen LogP contribution is -2.26. The van der Waals surface area contributed by atoms with Gasteiger partial charge in [-0.2, -0.15) is 4.98 Å². The molecule has 7 nitrogen and oxygen atoms in total. The molecule has 0 saturated carbocycles. The molecule has 0 aliphatic rings. The topological polar surface area (TPSA) is 94.3 Å². The van der Waals surface area contributed by atoms with Crippen molar-refractivity contribution in [3.05, 3.63) is 60.0 Å². The van der Waals surface area contributed by atoms with Crippen LogP contribution in [0, 0.1) is 6.92 Å². The van der Waals surface area contributed by atoms with E-state index in [1.165, 1.54) is 0 Å². The van der Waals surface area contributed by atoms with E-state index in [0.29, 0.717) is 23.0 Å². The van der Waals surface area contributed by atoms with Gasteiger partial charge in [-0.05, 0) is 36.8 Å². The fourth-order valence-electron chi connectivity index (χ4n) is 2.45. The van der Waals surface area contributed by atoms with E-state index in [9.17, 15) is 8.42 Å². The fraction of sp³-hybridized carbons (Fsp3) is 0.222. The standard InChI is InChI=1S/C18H19N3O4S/c1-13-6-5-7-14(12-13)26(22,23)19-11-10-17-20-18(21-25-17)15-8-3-4-9-16(15)24-2/h3-9,12,19H,10-11H2,1-2H3. The molecule has 0 saturated heterocycles. The number of benzene rings is 2. The molecule has 0 aliphatic carbocycles. The van der Waals surface area contributed by atoms with Crippen molar-refractivity contribution in [2.75, 3.05) is 13.7 Å². The maximum Gasteiger partial charge on any atom is 0.240 e. The molecule has 0 amide bonds. The monoisotopic (exact) mass is 373 g/mol. The molecule has 3 aromatic rings. The Hall–Kier alpha value is -2.71. The summed E-state index contributed by atoms with van der Waals surface area (Å²) in [4.78, 5) is 4.54. The zero-order valence-electron chi connectivity index (χ0n) is 14.5. The zero-order chi connectivity index (χ0) is 18.6. The van der Waals surface area contributed by atoms with Crippen molar-refractivity contribution in [2.24, 2.45) is 0 Å². The number of sulfonamides is 1. The van der Waals surface area contributed by atoms with Crippen LogP contribution in [-0.4, -0.2) is 32.2 Å². The summed E-state index contributed by atoms with van der Waals surface area (Å²) >= 11 is 0. The molecule has 0 radical (unpaired) electrons. The number of para-hydroxylation sites is 1. The Balaban J connectivity index is 1.65. The molecule has 1 heterocycles. The average Bonchev–Trinajstić information content (AvgIpc) is 3.10. The largest absolute Gasteiger partial charge is 0.496 e. The van der Waals surface area contributed by atoms with Gasteiger partial charge in [0, 0.05) is 13.0 Å². The first-order valence-corrected chi connectivity index (χ1v) is 9.50. The summed E-state index contributed by atoms with van der Waals surface area (Å²) in [6, 6.07) is 14.1. The molecule has 26 heavy (non-hydrogen) atoms. The first-order valence-electron chi connectivity index (χ1n) is 8.02. The quantitative estimate of drug-likeness (QED) is 0.684. The first-order chi connectivity index (χ1) is 12.5. The van der Waals surface area contributed by atoms with Gasteiger partial charge in [0.25, 0.3) is 0 Å². The van der Waals surface area contributed by atoms with E-state index in [0.717, 1.165) is 5.56 Å². The fourth-order valence-corrected chi connectivity index (χ4v) is 3.59. The summed E-state index contributed by atoms with van der Waals surface area (Å²) in [5, 5.41) is 3.94. The lowest BCUT2D eigenvalue weighted by atomic mass is 10.2. The molecule has 2 aromatic carbocycles. The second-order valence-corrected chi connectivity index (χ2v) is 7.44. The molecular weight excluding hydrogens is 354 g/mol. The summed E-state index contributed by atoms with van der Waals surface area (Å²) < 4.78 is 37.6. The van der Waals surface area contributed by atoms with E-state index in [-0.39, 0.29) is 17.9 Å². The smallest absolute Gasteiger partial charge is 0.240 e. The van der Waals surface area contributed by atoms with Crippen molar-refractivity contribution in [3.8, 4) is 17.1 Å². The number of ether oxygens (including phenoxy) is 1. The van der Waals surface area contributed by atoms with E-state index in [4.69, 9.17) is 9.26 Å². The molecule has 0 unspecified atom stereocenters. The number of aromatic nitrogens is 2. The summed E-state index contributed by atoms with van der Waals surface area (Å²) in [5.41, 5.74) is 1.59. The Kier molecular flexibility index (Phi) is 5.34. The Morgan fingerprint density at radius 1 is 1.15 bits per heavy atom. The normalized spacial score (nSPS) is 11.5. The third kappa shape index (κ3) is 4.09. The summed E-state index contributed by atoms with van der Waals surface area (Å²) in [6.07, 6.45) is 0.285. The molecule has 136 valence electrons. The van der Waals surface area contributed by atoms with E-state index in [1.807, 2.05) is 31.2 Å². The SMILES string of the molecule is COc1ccccc1-c1noc(CCNS(=O)(=O)c2cccc(C)c2)n1. The minimum atomic E-state index is -3.57. The van der Waals surface area contributed by atoms with Crippen molar-refractivity contribution in [1.29, 1.82) is 0 Å². The highest BCUT2D eigenvalue weighted by molar-refractivity contribution is 7.89. The number of hydrogen-bond donors (Lipinski definition) is 1. The lowest BCUT2D eigenvalue weighted by Gasteiger charge is -2.06. The van der Waals surface area contributed by atoms with Gasteiger partial charge in [-0.1, -0.05) is 29.4 Å². The van der Waals surface area contributed by atoms with Gasteiger partial charge in [0.05, 0.1) is 17.6 Å². The molecule has 8 heteroatoms. The molecule has 1 aromatic heterocycles. The first kappa shape index (κ1) is 18.1. The van der Waals surface area contributed by atoms with Crippen LogP contribution in [0.4, 0.5) is 0 Å². The van der Waals surface area contributed by atoms with Crippen LogP contribution >= 0.6 is 0 Å². The molecule has 0 aliphatic heterocycles. The van der Waals surface area contributed by atoms with Crippen molar-refractivity contribution in [1.82, 2.24) is 14.9 Å². The summed E-state index contributed by atoms with van der Waals surface area (Å²) in [6.45, 7) is 2.00. The Morgan fingerprint density at radius 2 is 1.96 bits per heavy atom. The highest BCUT2D eigenvalue weighted by atomic mass is 32.2. The van der Waals surface area contributed by atoms with Gasteiger partial charge in [-0.15, -0.1) is 0 Å². The molecule has 0 spiro atoms. The van der Waals surface area contributed by atoms with Crippen molar-refractivity contribution < 1.29 is 17.7 Å². The lowest BCUT2D eigenvalue weighted by molar-refractivity contribution is 0.378. The Bertz CT molecular complexity index is 999. The number of nitrogens with one attached hydrogen (secondary N) is 1. The van der Waals surface area contributed by atoms with Crippen LogP contribution < -0.4 is 9.46 Å². The number of nitrogens with zero attached hydrogens (tertiary/aromatic N) is 2. The minimum absolute atomic E-state index is 0.157.